The molecule has 0 aromatic carbocycles. The minimum Gasteiger partial charge on any atom is -0.351 e. The SMILES string of the molecule is CC(=O)NCc1cc([C@@H]2CCCN2C(=O)c2cccs2)ccn1. The van der Waals surface area contributed by atoms with Gasteiger partial charge in [-0.15, -0.1) is 11.3 Å². The second-order valence-corrected chi connectivity index (χ2v) is 6.57. The van der Waals surface area contributed by atoms with Crippen molar-refractivity contribution in [3.63, 3.8) is 0 Å². The number of hydrogen-bond acceptors (Lipinski definition) is 4. The predicted octanol–water partition coefficient (Wildman–Crippen LogP) is 2.76. The van der Waals surface area contributed by atoms with Gasteiger partial charge in [0.2, 0.25) is 5.91 Å². The highest BCUT2D eigenvalue weighted by Gasteiger charge is 2.31. The van der Waals surface area contributed by atoms with Crippen molar-refractivity contribution in [2.45, 2.75) is 32.4 Å². The molecule has 0 bridgehead atoms. The summed E-state index contributed by atoms with van der Waals surface area (Å²) in [6.07, 6.45) is 3.71. The Morgan fingerprint density at radius 1 is 1.43 bits per heavy atom. The summed E-state index contributed by atoms with van der Waals surface area (Å²) < 4.78 is 0. The van der Waals surface area contributed by atoms with Gasteiger partial charge >= 0.3 is 0 Å². The van der Waals surface area contributed by atoms with Gasteiger partial charge in [0.15, 0.2) is 0 Å². The van der Waals surface area contributed by atoms with E-state index in [-0.39, 0.29) is 17.9 Å². The van der Waals surface area contributed by atoms with Crippen molar-refractivity contribution in [2.75, 3.05) is 6.54 Å². The predicted molar refractivity (Wildman–Crippen MR) is 89.1 cm³/mol. The second kappa shape index (κ2) is 6.91. The van der Waals surface area contributed by atoms with E-state index < -0.39 is 0 Å². The Morgan fingerprint density at radius 3 is 3.04 bits per heavy atom. The van der Waals surface area contributed by atoms with Crippen LogP contribution in [-0.2, 0) is 11.3 Å². The van der Waals surface area contributed by atoms with E-state index in [1.807, 2.05) is 34.5 Å². The molecule has 1 atom stereocenters. The Labute approximate surface area is 139 Å². The largest absolute Gasteiger partial charge is 0.351 e. The van der Waals surface area contributed by atoms with Crippen molar-refractivity contribution in [1.82, 2.24) is 15.2 Å². The topological polar surface area (TPSA) is 62.3 Å². The number of carbonyl (C=O) groups is 2. The van der Waals surface area contributed by atoms with Crippen LogP contribution in [0.2, 0.25) is 0 Å². The third kappa shape index (κ3) is 3.59. The summed E-state index contributed by atoms with van der Waals surface area (Å²) in [5.41, 5.74) is 1.90. The number of carbonyl (C=O) groups excluding carboxylic acids is 2. The molecule has 2 aromatic rings. The molecule has 2 amide bonds. The Kier molecular flexibility index (Phi) is 4.71. The molecule has 3 heterocycles. The molecule has 3 rings (SSSR count). The van der Waals surface area contributed by atoms with Crippen molar-refractivity contribution in [2.24, 2.45) is 0 Å². The number of nitrogens with one attached hydrogen (secondary N) is 1. The van der Waals surface area contributed by atoms with E-state index in [1.165, 1.54) is 18.3 Å². The molecule has 6 heteroatoms. The number of pyridine rings is 1. The number of likely N-dealkylation sites (tertiary alicyclic amines) is 1. The summed E-state index contributed by atoms with van der Waals surface area (Å²) >= 11 is 1.48. The fraction of sp³-hybridized carbons (Fsp3) is 0.353. The van der Waals surface area contributed by atoms with Gasteiger partial charge in [0.1, 0.15) is 0 Å². The van der Waals surface area contributed by atoms with Crippen LogP contribution in [0.15, 0.2) is 35.8 Å². The van der Waals surface area contributed by atoms with Crippen LogP contribution in [0.5, 0.6) is 0 Å². The maximum absolute atomic E-state index is 12.7. The number of hydrogen-bond donors (Lipinski definition) is 1. The van der Waals surface area contributed by atoms with Crippen LogP contribution >= 0.6 is 11.3 Å². The molecule has 0 saturated carbocycles. The van der Waals surface area contributed by atoms with Gasteiger partial charge in [0.05, 0.1) is 23.2 Å². The number of rotatable bonds is 4. The Morgan fingerprint density at radius 2 is 2.30 bits per heavy atom. The molecule has 0 aliphatic carbocycles. The van der Waals surface area contributed by atoms with E-state index in [1.54, 1.807) is 6.20 Å². The monoisotopic (exact) mass is 329 g/mol. The molecule has 1 aliphatic rings. The normalized spacial score (nSPS) is 17.3. The van der Waals surface area contributed by atoms with Crippen molar-refractivity contribution < 1.29 is 9.59 Å². The van der Waals surface area contributed by atoms with Crippen molar-refractivity contribution in [1.29, 1.82) is 0 Å². The van der Waals surface area contributed by atoms with Gasteiger partial charge in [-0.3, -0.25) is 14.6 Å². The highest BCUT2D eigenvalue weighted by molar-refractivity contribution is 7.12. The molecule has 0 radical (unpaired) electrons. The first-order chi connectivity index (χ1) is 11.1. The lowest BCUT2D eigenvalue weighted by atomic mass is 10.0. The lowest BCUT2D eigenvalue weighted by molar-refractivity contribution is -0.119. The van der Waals surface area contributed by atoms with Crippen molar-refractivity contribution in [3.05, 3.63) is 52.0 Å². The molecule has 1 N–H and O–H groups in total. The van der Waals surface area contributed by atoms with Gasteiger partial charge in [0.25, 0.3) is 5.91 Å². The van der Waals surface area contributed by atoms with E-state index in [9.17, 15) is 9.59 Å². The first-order valence-electron chi connectivity index (χ1n) is 7.69. The van der Waals surface area contributed by atoms with E-state index in [4.69, 9.17) is 0 Å². The average molecular weight is 329 g/mol. The van der Waals surface area contributed by atoms with Gasteiger partial charge in [-0.2, -0.15) is 0 Å². The summed E-state index contributed by atoms with van der Waals surface area (Å²) in [5, 5.41) is 4.68. The zero-order valence-corrected chi connectivity index (χ0v) is 13.8. The van der Waals surface area contributed by atoms with Gasteiger partial charge in [-0.05, 0) is 42.0 Å². The van der Waals surface area contributed by atoms with Crippen LogP contribution in [0.1, 0.15) is 46.7 Å². The van der Waals surface area contributed by atoms with Crippen LogP contribution in [0.3, 0.4) is 0 Å². The molecule has 1 saturated heterocycles. The summed E-state index contributed by atoms with van der Waals surface area (Å²) in [7, 11) is 0. The van der Waals surface area contributed by atoms with Crippen LogP contribution < -0.4 is 5.32 Å². The number of aromatic nitrogens is 1. The van der Waals surface area contributed by atoms with Crippen LogP contribution in [0.4, 0.5) is 0 Å². The molecule has 1 aliphatic heterocycles. The molecular weight excluding hydrogens is 310 g/mol. The lowest BCUT2D eigenvalue weighted by Gasteiger charge is -2.25. The maximum Gasteiger partial charge on any atom is 0.264 e. The number of amides is 2. The summed E-state index contributed by atoms with van der Waals surface area (Å²) in [4.78, 5) is 30.7. The van der Waals surface area contributed by atoms with Crippen LogP contribution in [0, 0.1) is 0 Å². The minimum absolute atomic E-state index is 0.0763. The highest BCUT2D eigenvalue weighted by atomic mass is 32.1. The maximum atomic E-state index is 12.7. The zero-order valence-electron chi connectivity index (χ0n) is 13.0. The summed E-state index contributed by atoms with van der Waals surface area (Å²) in [6.45, 7) is 2.68. The van der Waals surface area contributed by atoms with E-state index in [0.29, 0.717) is 6.54 Å². The molecular formula is C17H19N3O2S. The molecule has 23 heavy (non-hydrogen) atoms. The molecule has 1 fully saturated rings. The van der Waals surface area contributed by atoms with Gasteiger partial charge < -0.3 is 10.2 Å². The van der Waals surface area contributed by atoms with Gasteiger partial charge in [-0.1, -0.05) is 6.07 Å². The van der Waals surface area contributed by atoms with E-state index in [2.05, 4.69) is 10.3 Å². The standard InChI is InChI=1S/C17H19N3O2S/c1-12(21)19-11-14-10-13(6-7-18-14)15-4-2-8-20(15)17(22)16-5-3-9-23-16/h3,5-7,9-10,15H,2,4,8,11H2,1H3,(H,19,21)/t15-/m0/s1. The lowest BCUT2D eigenvalue weighted by Crippen LogP contribution is -2.30. The summed E-state index contributed by atoms with van der Waals surface area (Å²) in [6, 6.07) is 7.81. The fourth-order valence-corrected chi connectivity index (χ4v) is 3.59. The molecule has 120 valence electrons. The molecule has 0 spiro atoms. The third-order valence-corrected chi connectivity index (χ3v) is 4.85. The van der Waals surface area contributed by atoms with Gasteiger partial charge in [0, 0.05) is 19.7 Å². The minimum atomic E-state index is -0.0763. The first kappa shape index (κ1) is 15.7. The number of nitrogens with zero attached hydrogens (tertiary/aromatic N) is 2. The summed E-state index contributed by atoms with van der Waals surface area (Å²) in [5.74, 6) is 0.0234. The van der Waals surface area contributed by atoms with Crippen LogP contribution in [-0.4, -0.2) is 28.2 Å². The fourth-order valence-electron chi connectivity index (χ4n) is 2.91. The molecule has 5 nitrogen and oxygen atoms in total. The molecule has 2 aromatic heterocycles. The van der Waals surface area contributed by atoms with Gasteiger partial charge in [-0.25, -0.2) is 0 Å². The Hall–Kier alpha value is -2.21. The average Bonchev–Trinajstić information content (AvgIpc) is 3.23. The van der Waals surface area contributed by atoms with Crippen molar-refractivity contribution in [3.8, 4) is 0 Å². The van der Waals surface area contributed by atoms with E-state index in [0.717, 1.165) is 35.5 Å². The highest BCUT2D eigenvalue weighted by Crippen LogP contribution is 2.33. The quantitative estimate of drug-likeness (QED) is 0.938. The smallest absolute Gasteiger partial charge is 0.264 e. The first-order valence-corrected chi connectivity index (χ1v) is 8.57. The third-order valence-electron chi connectivity index (χ3n) is 3.99. The Bertz CT molecular complexity index is 700. The molecule has 0 unspecified atom stereocenters. The second-order valence-electron chi connectivity index (χ2n) is 5.62. The number of thiophene rings is 1. The zero-order chi connectivity index (χ0) is 16.2. The van der Waals surface area contributed by atoms with E-state index >= 15 is 0 Å². The van der Waals surface area contributed by atoms with Crippen LogP contribution in [0.25, 0.3) is 0 Å². The van der Waals surface area contributed by atoms with Crippen molar-refractivity contribution >= 4 is 23.2 Å². The Balaban J connectivity index is 1.78.